The van der Waals surface area contributed by atoms with Crippen molar-refractivity contribution >= 4 is 11.4 Å². The van der Waals surface area contributed by atoms with Crippen LogP contribution < -0.4 is 15.4 Å². The lowest BCUT2D eigenvalue weighted by molar-refractivity contribution is -0.385. The van der Waals surface area contributed by atoms with Crippen molar-refractivity contribution in [3.63, 3.8) is 0 Å². The zero-order valence-corrected chi connectivity index (χ0v) is 12.6. The van der Waals surface area contributed by atoms with E-state index in [0.29, 0.717) is 12.4 Å². The molecule has 6 nitrogen and oxygen atoms in total. The number of ether oxygens (including phenoxy) is 1. The first-order chi connectivity index (χ1) is 10.0. The molecule has 1 saturated heterocycles. The third-order valence-corrected chi connectivity index (χ3v) is 3.86. The summed E-state index contributed by atoms with van der Waals surface area (Å²) in [7, 11) is 0. The SMILES string of the molecule is CCOc1cc(NCC2(C)CCCNC2)ccc1[N+](=O)[O-]. The van der Waals surface area contributed by atoms with Crippen LogP contribution >= 0.6 is 0 Å². The molecule has 0 bridgehead atoms. The molecular weight excluding hydrogens is 270 g/mol. The fourth-order valence-electron chi connectivity index (χ4n) is 2.63. The predicted molar refractivity (Wildman–Crippen MR) is 83.0 cm³/mol. The van der Waals surface area contributed by atoms with Crippen molar-refractivity contribution in [1.82, 2.24) is 5.32 Å². The van der Waals surface area contributed by atoms with E-state index in [9.17, 15) is 10.1 Å². The average molecular weight is 293 g/mol. The number of nitro benzene ring substituents is 1. The molecule has 1 aromatic carbocycles. The molecule has 1 fully saturated rings. The van der Waals surface area contributed by atoms with E-state index in [0.717, 1.165) is 25.3 Å². The molecule has 116 valence electrons. The van der Waals surface area contributed by atoms with E-state index in [2.05, 4.69) is 17.6 Å². The van der Waals surface area contributed by atoms with E-state index < -0.39 is 4.92 Å². The topological polar surface area (TPSA) is 76.4 Å². The third-order valence-electron chi connectivity index (χ3n) is 3.86. The Morgan fingerprint density at radius 2 is 2.33 bits per heavy atom. The summed E-state index contributed by atoms with van der Waals surface area (Å²) in [5.74, 6) is 0.319. The minimum Gasteiger partial charge on any atom is -0.487 e. The van der Waals surface area contributed by atoms with Crippen LogP contribution in [0, 0.1) is 15.5 Å². The van der Waals surface area contributed by atoms with Gasteiger partial charge in [-0.05, 0) is 37.8 Å². The molecule has 0 amide bonds. The Balaban J connectivity index is 2.06. The quantitative estimate of drug-likeness (QED) is 0.623. The van der Waals surface area contributed by atoms with Crippen LogP contribution in [-0.2, 0) is 0 Å². The molecule has 1 unspecified atom stereocenters. The predicted octanol–water partition coefficient (Wildman–Crippen LogP) is 2.80. The zero-order valence-electron chi connectivity index (χ0n) is 12.6. The van der Waals surface area contributed by atoms with Crippen molar-refractivity contribution in [1.29, 1.82) is 0 Å². The molecule has 6 heteroatoms. The van der Waals surface area contributed by atoms with Crippen LogP contribution in [0.3, 0.4) is 0 Å². The molecule has 0 aliphatic carbocycles. The molecular formula is C15H23N3O3. The van der Waals surface area contributed by atoms with Crippen LogP contribution in [0.5, 0.6) is 5.75 Å². The fourth-order valence-corrected chi connectivity index (χ4v) is 2.63. The number of nitrogens with zero attached hydrogens (tertiary/aromatic N) is 1. The van der Waals surface area contributed by atoms with Crippen molar-refractivity contribution in [2.75, 3.05) is 31.6 Å². The number of benzene rings is 1. The van der Waals surface area contributed by atoms with Crippen LogP contribution in [0.2, 0.25) is 0 Å². The zero-order chi connectivity index (χ0) is 15.3. The summed E-state index contributed by atoms with van der Waals surface area (Å²) in [6.07, 6.45) is 2.36. The lowest BCUT2D eigenvalue weighted by atomic mass is 9.83. The average Bonchev–Trinajstić information content (AvgIpc) is 2.46. The van der Waals surface area contributed by atoms with E-state index >= 15 is 0 Å². The Bertz CT molecular complexity index is 499. The van der Waals surface area contributed by atoms with Gasteiger partial charge in [0.25, 0.3) is 0 Å². The van der Waals surface area contributed by atoms with Crippen molar-refractivity contribution in [2.24, 2.45) is 5.41 Å². The van der Waals surface area contributed by atoms with Crippen LogP contribution in [0.4, 0.5) is 11.4 Å². The Hall–Kier alpha value is -1.82. The van der Waals surface area contributed by atoms with Crippen LogP contribution in [-0.4, -0.2) is 31.2 Å². The molecule has 0 saturated carbocycles. The van der Waals surface area contributed by atoms with Gasteiger partial charge in [-0.25, -0.2) is 0 Å². The molecule has 0 spiro atoms. The summed E-state index contributed by atoms with van der Waals surface area (Å²) in [4.78, 5) is 10.5. The van der Waals surface area contributed by atoms with Gasteiger partial charge in [0.15, 0.2) is 5.75 Å². The summed E-state index contributed by atoms with van der Waals surface area (Å²) in [5.41, 5.74) is 1.08. The third kappa shape index (κ3) is 4.07. The molecule has 1 heterocycles. The smallest absolute Gasteiger partial charge is 0.311 e. The summed E-state index contributed by atoms with van der Waals surface area (Å²) < 4.78 is 5.36. The highest BCUT2D eigenvalue weighted by molar-refractivity contribution is 5.58. The second kappa shape index (κ2) is 6.76. The Kier molecular flexibility index (Phi) is 5.01. The summed E-state index contributed by atoms with van der Waals surface area (Å²) in [6, 6.07) is 4.94. The first kappa shape index (κ1) is 15.6. The van der Waals surface area contributed by atoms with Gasteiger partial charge in [0.2, 0.25) is 0 Å². The van der Waals surface area contributed by atoms with Gasteiger partial charge >= 0.3 is 5.69 Å². The largest absolute Gasteiger partial charge is 0.487 e. The maximum atomic E-state index is 11.0. The highest BCUT2D eigenvalue weighted by atomic mass is 16.6. The van der Waals surface area contributed by atoms with Crippen LogP contribution in [0.25, 0.3) is 0 Å². The minimum atomic E-state index is -0.416. The monoisotopic (exact) mass is 293 g/mol. The van der Waals surface area contributed by atoms with Gasteiger partial charge in [0, 0.05) is 30.9 Å². The molecule has 0 radical (unpaired) electrons. The van der Waals surface area contributed by atoms with Gasteiger partial charge in [0.1, 0.15) is 0 Å². The van der Waals surface area contributed by atoms with Crippen LogP contribution in [0.15, 0.2) is 18.2 Å². The number of hydrogen-bond donors (Lipinski definition) is 2. The molecule has 2 rings (SSSR count). The highest BCUT2D eigenvalue weighted by Gasteiger charge is 2.26. The number of piperidine rings is 1. The lowest BCUT2D eigenvalue weighted by Gasteiger charge is -2.34. The van der Waals surface area contributed by atoms with Crippen molar-refractivity contribution in [3.05, 3.63) is 28.3 Å². The lowest BCUT2D eigenvalue weighted by Crippen LogP contribution is -2.42. The number of hydrogen-bond acceptors (Lipinski definition) is 5. The van der Waals surface area contributed by atoms with Crippen molar-refractivity contribution in [3.8, 4) is 5.75 Å². The Labute approximate surface area is 125 Å². The second-order valence-corrected chi connectivity index (χ2v) is 5.82. The van der Waals surface area contributed by atoms with E-state index in [1.54, 1.807) is 12.1 Å². The standard InChI is InChI=1S/C15H23N3O3/c1-3-21-14-9-12(5-6-13(14)18(19)20)17-11-15(2)7-4-8-16-10-15/h5-6,9,16-17H,3-4,7-8,10-11H2,1-2H3. The van der Waals surface area contributed by atoms with E-state index in [-0.39, 0.29) is 11.1 Å². The van der Waals surface area contributed by atoms with Gasteiger partial charge in [-0.1, -0.05) is 6.92 Å². The Morgan fingerprint density at radius 3 is 2.95 bits per heavy atom. The normalized spacial score (nSPS) is 21.8. The van der Waals surface area contributed by atoms with E-state index in [4.69, 9.17) is 4.74 Å². The maximum absolute atomic E-state index is 11.0. The Morgan fingerprint density at radius 1 is 1.52 bits per heavy atom. The van der Waals surface area contributed by atoms with Crippen molar-refractivity contribution in [2.45, 2.75) is 26.7 Å². The number of rotatable bonds is 6. The number of anilines is 1. The molecule has 1 aromatic rings. The van der Waals surface area contributed by atoms with Gasteiger partial charge in [-0.15, -0.1) is 0 Å². The molecule has 1 atom stereocenters. The molecule has 21 heavy (non-hydrogen) atoms. The first-order valence-corrected chi connectivity index (χ1v) is 7.40. The van der Waals surface area contributed by atoms with Gasteiger partial charge < -0.3 is 15.4 Å². The highest BCUT2D eigenvalue weighted by Crippen LogP contribution is 2.31. The summed E-state index contributed by atoms with van der Waals surface area (Å²) in [6.45, 7) is 7.39. The van der Waals surface area contributed by atoms with Crippen molar-refractivity contribution < 1.29 is 9.66 Å². The maximum Gasteiger partial charge on any atom is 0.311 e. The van der Waals surface area contributed by atoms with E-state index in [1.807, 2.05) is 6.92 Å². The molecule has 1 aliphatic rings. The number of nitro groups is 1. The fraction of sp³-hybridized carbons (Fsp3) is 0.600. The molecule has 0 aromatic heterocycles. The second-order valence-electron chi connectivity index (χ2n) is 5.82. The summed E-state index contributed by atoms with van der Waals surface area (Å²) in [5, 5.41) is 17.8. The first-order valence-electron chi connectivity index (χ1n) is 7.40. The number of nitrogens with one attached hydrogen (secondary N) is 2. The summed E-state index contributed by atoms with van der Waals surface area (Å²) >= 11 is 0. The van der Waals surface area contributed by atoms with E-state index in [1.165, 1.54) is 18.9 Å². The van der Waals surface area contributed by atoms with Gasteiger partial charge in [-0.3, -0.25) is 10.1 Å². The molecule has 1 aliphatic heterocycles. The van der Waals surface area contributed by atoms with Crippen LogP contribution in [0.1, 0.15) is 26.7 Å². The molecule has 2 N–H and O–H groups in total. The van der Waals surface area contributed by atoms with Gasteiger partial charge in [0.05, 0.1) is 11.5 Å². The van der Waals surface area contributed by atoms with Gasteiger partial charge in [-0.2, -0.15) is 0 Å². The minimum absolute atomic E-state index is 0.00736.